The van der Waals surface area contributed by atoms with E-state index < -0.39 is 0 Å². The third kappa shape index (κ3) is 3.56. The Kier molecular flexibility index (Phi) is 4.96. The van der Waals surface area contributed by atoms with Gasteiger partial charge >= 0.3 is 0 Å². The first-order valence-corrected chi connectivity index (χ1v) is 7.30. The summed E-state index contributed by atoms with van der Waals surface area (Å²) in [5.74, 6) is 0. The summed E-state index contributed by atoms with van der Waals surface area (Å²) in [6, 6.07) is 2.08. The van der Waals surface area contributed by atoms with Crippen LogP contribution >= 0.6 is 0 Å². The average Bonchev–Trinajstić information content (AvgIpc) is 2.44. The molecule has 106 valence electrons. The van der Waals surface area contributed by atoms with Gasteiger partial charge in [-0.2, -0.15) is 5.10 Å². The van der Waals surface area contributed by atoms with E-state index >= 15 is 0 Å². The molecule has 1 aromatic rings. The number of rotatable bonds is 5. The number of nitrogens with one attached hydrogen (secondary N) is 1. The fourth-order valence-electron chi connectivity index (χ4n) is 2.61. The Hall–Kier alpha value is -1.36. The van der Waals surface area contributed by atoms with Crippen molar-refractivity contribution in [3.8, 4) is 0 Å². The van der Waals surface area contributed by atoms with Crippen molar-refractivity contribution >= 4 is 5.69 Å². The molecule has 1 unspecified atom stereocenters. The third-order valence-corrected chi connectivity index (χ3v) is 3.79. The van der Waals surface area contributed by atoms with E-state index in [0.717, 1.165) is 31.7 Å². The Morgan fingerprint density at radius 2 is 2.21 bits per heavy atom. The molecule has 0 aliphatic carbocycles. The maximum atomic E-state index is 12.1. The molecular weight excluding hydrogens is 240 g/mol. The Labute approximate surface area is 114 Å². The summed E-state index contributed by atoms with van der Waals surface area (Å²) in [5.41, 5.74) is 0.916. The van der Waals surface area contributed by atoms with Gasteiger partial charge in [-0.3, -0.25) is 4.79 Å². The van der Waals surface area contributed by atoms with E-state index in [0.29, 0.717) is 12.6 Å². The van der Waals surface area contributed by atoms with Crippen molar-refractivity contribution in [2.75, 3.05) is 24.5 Å². The number of hydrogen-bond donors (Lipinski definition) is 1. The van der Waals surface area contributed by atoms with E-state index in [1.807, 2.05) is 0 Å². The molecule has 0 spiro atoms. The van der Waals surface area contributed by atoms with Gasteiger partial charge < -0.3 is 10.2 Å². The molecule has 2 rings (SSSR count). The van der Waals surface area contributed by atoms with Crippen molar-refractivity contribution in [1.82, 2.24) is 15.1 Å². The summed E-state index contributed by atoms with van der Waals surface area (Å²) in [5, 5.41) is 7.76. The largest absolute Gasteiger partial charge is 0.371 e. The van der Waals surface area contributed by atoms with Crippen LogP contribution in [0.1, 0.15) is 33.1 Å². The Balaban J connectivity index is 2.08. The first-order valence-electron chi connectivity index (χ1n) is 7.30. The molecule has 0 radical (unpaired) electrons. The predicted octanol–water partition coefficient (Wildman–Crippen LogP) is 1.23. The molecule has 0 aromatic carbocycles. The molecule has 1 saturated heterocycles. The first kappa shape index (κ1) is 14.1. The molecule has 1 aromatic heterocycles. The van der Waals surface area contributed by atoms with Gasteiger partial charge in [0.2, 0.25) is 0 Å². The summed E-state index contributed by atoms with van der Waals surface area (Å²) in [4.78, 5) is 14.2. The second kappa shape index (κ2) is 6.70. The maximum Gasteiger partial charge on any atom is 0.268 e. The third-order valence-electron chi connectivity index (χ3n) is 3.79. The van der Waals surface area contributed by atoms with Gasteiger partial charge in [0.25, 0.3) is 5.56 Å². The molecule has 2 heterocycles. The Bertz CT molecular complexity index is 447. The first-order chi connectivity index (χ1) is 9.24. The fourth-order valence-corrected chi connectivity index (χ4v) is 2.61. The Morgan fingerprint density at radius 1 is 1.42 bits per heavy atom. The van der Waals surface area contributed by atoms with Gasteiger partial charge in [0, 0.05) is 25.2 Å². The van der Waals surface area contributed by atoms with Gasteiger partial charge in [-0.15, -0.1) is 0 Å². The highest BCUT2D eigenvalue weighted by Gasteiger charge is 2.14. The van der Waals surface area contributed by atoms with Crippen molar-refractivity contribution in [1.29, 1.82) is 0 Å². The zero-order valence-corrected chi connectivity index (χ0v) is 11.9. The second-order valence-corrected chi connectivity index (χ2v) is 5.05. The molecule has 1 atom stereocenters. The number of piperidine rings is 1. The van der Waals surface area contributed by atoms with E-state index in [1.165, 1.54) is 12.8 Å². The zero-order valence-electron chi connectivity index (χ0n) is 11.9. The van der Waals surface area contributed by atoms with Gasteiger partial charge in [0.05, 0.1) is 18.4 Å². The van der Waals surface area contributed by atoms with Crippen LogP contribution in [0.3, 0.4) is 0 Å². The van der Waals surface area contributed by atoms with E-state index in [9.17, 15) is 4.79 Å². The van der Waals surface area contributed by atoms with Crippen molar-refractivity contribution in [3.05, 3.63) is 22.6 Å². The van der Waals surface area contributed by atoms with Crippen molar-refractivity contribution in [3.63, 3.8) is 0 Å². The lowest BCUT2D eigenvalue weighted by Gasteiger charge is -2.24. The van der Waals surface area contributed by atoms with Gasteiger partial charge in [-0.25, -0.2) is 4.68 Å². The molecule has 0 bridgehead atoms. The topological polar surface area (TPSA) is 50.2 Å². The molecule has 1 fully saturated rings. The SMILES string of the molecule is CCN(CC)c1cnn(CC2CCCCN2)c(=O)c1. The lowest BCUT2D eigenvalue weighted by Crippen LogP contribution is -2.40. The predicted molar refractivity (Wildman–Crippen MR) is 77.7 cm³/mol. The van der Waals surface area contributed by atoms with Crippen LogP contribution in [0, 0.1) is 0 Å². The number of nitrogens with zero attached hydrogens (tertiary/aromatic N) is 3. The molecule has 1 aliphatic heterocycles. The molecular formula is C14H24N4O. The second-order valence-electron chi connectivity index (χ2n) is 5.05. The highest BCUT2D eigenvalue weighted by Crippen LogP contribution is 2.10. The van der Waals surface area contributed by atoms with E-state index in [-0.39, 0.29) is 5.56 Å². The smallest absolute Gasteiger partial charge is 0.268 e. The minimum atomic E-state index is -0.00299. The van der Waals surface area contributed by atoms with Gasteiger partial charge in [-0.1, -0.05) is 6.42 Å². The Morgan fingerprint density at radius 3 is 2.79 bits per heavy atom. The summed E-state index contributed by atoms with van der Waals surface area (Å²) in [6.07, 6.45) is 5.41. The highest BCUT2D eigenvalue weighted by atomic mass is 16.1. The van der Waals surface area contributed by atoms with E-state index in [1.54, 1.807) is 16.9 Å². The molecule has 0 amide bonds. The van der Waals surface area contributed by atoms with Crippen LogP contribution in [-0.4, -0.2) is 35.5 Å². The minimum absolute atomic E-state index is 0.00299. The number of aromatic nitrogens is 2. The van der Waals surface area contributed by atoms with Crippen molar-refractivity contribution in [2.24, 2.45) is 0 Å². The summed E-state index contributed by atoms with van der Waals surface area (Å²) in [6.45, 7) is 7.69. The van der Waals surface area contributed by atoms with Gasteiger partial charge in [-0.05, 0) is 33.2 Å². The molecule has 1 aliphatic rings. The number of anilines is 1. The fraction of sp³-hybridized carbons (Fsp3) is 0.714. The molecule has 1 N–H and O–H groups in total. The summed E-state index contributed by atoms with van der Waals surface area (Å²) >= 11 is 0. The van der Waals surface area contributed by atoms with Crippen LogP contribution in [-0.2, 0) is 6.54 Å². The van der Waals surface area contributed by atoms with Crippen LogP contribution in [0.25, 0.3) is 0 Å². The molecule has 19 heavy (non-hydrogen) atoms. The van der Waals surface area contributed by atoms with Crippen molar-refractivity contribution < 1.29 is 0 Å². The quantitative estimate of drug-likeness (QED) is 0.869. The van der Waals surface area contributed by atoms with Crippen LogP contribution in [0.15, 0.2) is 17.1 Å². The van der Waals surface area contributed by atoms with Crippen LogP contribution in [0.2, 0.25) is 0 Å². The molecule has 5 heteroatoms. The van der Waals surface area contributed by atoms with Crippen LogP contribution in [0.5, 0.6) is 0 Å². The van der Waals surface area contributed by atoms with E-state index in [4.69, 9.17) is 0 Å². The van der Waals surface area contributed by atoms with Gasteiger partial charge in [0.1, 0.15) is 0 Å². The standard InChI is InChI=1S/C14H24N4O/c1-3-17(4-2)13-9-14(19)18(16-10-13)11-12-7-5-6-8-15-12/h9-10,12,15H,3-8,11H2,1-2H3. The van der Waals surface area contributed by atoms with Gasteiger partial charge in [0.15, 0.2) is 0 Å². The average molecular weight is 264 g/mol. The van der Waals surface area contributed by atoms with Crippen molar-refractivity contribution in [2.45, 2.75) is 45.7 Å². The monoisotopic (exact) mass is 264 g/mol. The van der Waals surface area contributed by atoms with E-state index in [2.05, 4.69) is 29.2 Å². The van der Waals surface area contributed by atoms with Crippen LogP contribution in [0.4, 0.5) is 5.69 Å². The normalized spacial score (nSPS) is 19.4. The summed E-state index contributed by atoms with van der Waals surface area (Å²) < 4.78 is 1.58. The lowest BCUT2D eigenvalue weighted by molar-refractivity contribution is 0.345. The number of hydrogen-bond acceptors (Lipinski definition) is 4. The molecule has 5 nitrogen and oxygen atoms in total. The van der Waals surface area contributed by atoms with Crippen LogP contribution < -0.4 is 15.8 Å². The maximum absolute atomic E-state index is 12.1. The lowest BCUT2D eigenvalue weighted by atomic mass is 10.1. The molecule has 0 saturated carbocycles. The zero-order chi connectivity index (χ0) is 13.7. The summed E-state index contributed by atoms with van der Waals surface area (Å²) in [7, 11) is 0. The highest BCUT2D eigenvalue weighted by molar-refractivity contribution is 5.42. The minimum Gasteiger partial charge on any atom is -0.371 e.